The molecule has 6 nitrogen and oxygen atoms in total. The Balaban J connectivity index is 1.79. The molecule has 1 amide bonds. The molecule has 33 heavy (non-hydrogen) atoms. The Morgan fingerprint density at radius 1 is 1.06 bits per heavy atom. The zero-order valence-electron chi connectivity index (χ0n) is 19.3. The molecule has 3 rings (SSSR count). The molecule has 0 aromatic heterocycles. The number of carbonyl (C=O) groups excluding carboxylic acids is 1. The van der Waals surface area contributed by atoms with Gasteiger partial charge < -0.3 is 19.5 Å². The number of unbranched alkanes of at least 4 members (excludes halogenated alkanes) is 1. The molecule has 1 heterocycles. The number of rotatable bonds is 10. The number of benzene rings is 2. The number of fused-ring (bicyclic) bond motifs is 1. The molecule has 174 valence electrons. The molecule has 0 spiro atoms. The number of anilines is 1. The lowest BCUT2D eigenvalue weighted by Crippen LogP contribution is -2.30. The molecule has 6 heteroatoms. The van der Waals surface area contributed by atoms with Gasteiger partial charge in [0.25, 0.3) is 5.91 Å². The molecule has 0 unspecified atom stereocenters. The maximum absolute atomic E-state index is 12.6. The lowest BCUT2D eigenvalue weighted by Gasteiger charge is -2.22. The number of carboxylic acid groups (broad SMARTS) is 1. The van der Waals surface area contributed by atoms with Crippen molar-refractivity contribution in [3.8, 4) is 16.9 Å². The molecule has 0 bridgehead atoms. The first-order valence-corrected chi connectivity index (χ1v) is 11.4. The Kier molecular flexibility index (Phi) is 8.84. The summed E-state index contributed by atoms with van der Waals surface area (Å²) in [5, 5.41) is 9.56. The number of ether oxygens (including phenoxy) is 2. The molecule has 2 aromatic rings. The van der Waals surface area contributed by atoms with E-state index in [-0.39, 0.29) is 17.9 Å². The van der Waals surface area contributed by atoms with Crippen LogP contribution in [-0.4, -0.2) is 43.3 Å². The standard InChI is InChI=1S/C27H31NO5/c1-3-5-15-32-16-17-33-24-10-7-20(8-11-24)21-9-12-25-23(18-21)19-22(27(30)31)13-14-28(25)26(29)6-4-2/h4,6-12,18-19H,3,5,13-17H2,1-2H3,(H,30,31). The van der Waals surface area contributed by atoms with Crippen LogP contribution in [0.25, 0.3) is 17.2 Å². The summed E-state index contributed by atoms with van der Waals surface area (Å²) < 4.78 is 11.3. The first-order valence-electron chi connectivity index (χ1n) is 11.4. The van der Waals surface area contributed by atoms with Crippen molar-refractivity contribution in [1.29, 1.82) is 0 Å². The van der Waals surface area contributed by atoms with Crippen molar-refractivity contribution in [3.63, 3.8) is 0 Å². The summed E-state index contributed by atoms with van der Waals surface area (Å²) in [6.45, 7) is 6.06. The summed E-state index contributed by atoms with van der Waals surface area (Å²) in [5.41, 5.74) is 3.62. The monoisotopic (exact) mass is 449 g/mol. The van der Waals surface area contributed by atoms with Crippen LogP contribution in [0.3, 0.4) is 0 Å². The Morgan fingerprint density at radius 3 is 2.52 bits per heavy atom. The predicted molar refractivity (Wildman–Crippen MR) is 130 cm³/mol. The van der Waals surface area contributed by atoms with E-state index in [1.54, 1.807) is 24.0 Å². The highest BCUT2D eigenvalue weighted by Crippen LogP contribution is 2.33. The summed E-state index contributed by atoms with van der Waals surface area (Å²) in [5.74, 6) is -0.359. The average Bonchev–Trinajstić information content (AvgIpc) is 3.01. The first kappa shape index (κ1) is 24.3. The molecular formula is C27H31NO5. The van der Waals surface area contributed by atoms with Crippen molar-refractivity contribution >= 4 is 23.6 Å². The van der Waals surface area contributed by atoms with Gasteiger partial charge in [0, 0.05) is 18.7 Å². The van der Waals surface area contributed by atoms with Crippen molar-refractivity contribution in [2.75, 3.05) is 31.3 Å². The normalized spacial score (nSPS) is 13.4. The summed E-state index contributed by atoms with van der Waals surface area (Å²) in [4.78, 5) is 25.9. The Morgan fingerprint density at radius 2 is 1.82 bits per heavy atom. The van der Waals surface area contributed by atoms with Crippen LogP contribution in [0.5, 0.6) is 5.75 Å². The van der Waals surface area contributed by atoms with Crippen molar-refractivity contribution in [2.45, 2.75) is 33.1 Å². The maximum Gasteiger partial charge on any atom is 0.331 e. The minimum absolute atomic E-state index is 0.160. The molecule has 0 fully saturated rings. The van der Waals surface area contributed by atoms with Gasteiger partial charge in [0.15, 0.2) is 0 Å². The molecule has 0 aliphatic carbocycles. The van der Waals surface area contributed by atoms with Gasteiger partial charge in [0.2, 0.25) is 0 Å². The summed E-state index contributed by atoms with van der Waals surface area (Å²) in [6, 6.07) is 13.5. The number of aliphatic carboxylic acids is 1. The van der Waals surface area contributed by atoms with Gasteiger partial charge in [0.1, 0.15) is 12.4 Å². The third kappa shape index (κ3) is 6.56. The lowest BCUT2D eigenvalue weighted by molar-refractivity contribution is -0.132. The largest absolute Gasteiger partial charge is 0.491 e. The van der Waals surface area contributed by atoms with Crippen molar-refractivity contribution in [2.24, 2.45) is 0 Å². The van der Waals surface area contributed by atoms with Gasteiger partial charge in [-0.1, -0.05) is 37.6 Å². The second kappa shape index (κ2) is 12.0. The second-order valence-corrected chi connectivity index (χ2v) is 7.83. The van der Waals surface area contributed by atoms with E-state index in [9.17, 15) is 14.7 Å². The van der Waals surface area contributed by atoms with E-state index < -0.39 is 5.97 Å². The van der Waals surface area contributed by atoms with Crippen molar-refractivity contribution in [3.05, 3.63) is 65.8 Å². The number of nitrogens with zero attached hydrogens (tertiary/aromatic N) is 1. The lowest BCUT2D eigenvalue weighted by atomic mass is 10.00. The van der Waals surface area contributed by atoms with Crippen LogP contribution in [0.15, 0.2) is 60.2 Å². The minimum atomic E-state index is -0.966. The molecular weight excluding hydrogens is 418 g/mol. The van der Waals surface area contributed by atoms with E-state index in [0.29, 0.717) is 31.0 Å². The summed E-state index contributed by atoms with van der Waals surface area (Å²) in [6.07, 6.45) is 7.31. The van der Waals surface area contributed by atoms with E-state index in [0.717, 1.165) is 36.3 Å². The topological polar surface area (TPSA) is 76.1 Å². The van der Waals surface area contributed by atoms with E-state index in [2.05, 4.69) is 6.92 Å². The SMILES string of the molecule is CC=CC(=O)N1CCC(C(=O)O)=Cc2cc(-c3ccc(OCCOCCCC)cc3)ccc21. The molecule has 0 radical (unpaired) electrons. The smallest absolute Gasteiger partial charge is 0.331 e. The first-order chi connectivity index (χ1) is 16.0. The number of amides is 1. The number of carbonyl (C=O) groups is 2. The minimum Gasteiger partial charge on any atom is -0.491 e. The highest BCUT2D eigenvalue weighted by atomic mass is 16.5. The molecule has 2 aromatic carbocycles. The molecule has 1 aliphatic heterocycles. The van der Waals surface area contributed by atoms with Crippen LogP contribution in [0.4, 0.5) is 5.69 Å². The highest BCUT2D eigenvalue weighted by Gasteiger charge is 2.22. The number of allylic oxidation sites excluding steroid dienone is 1. The van der Waals surface area contributed by atoms with Crippen molar-refractivity contribution in [1.82, 2.24) is 0 Å². The fourth-order valence-electron chi connectivity index (χ4n) is 3.65. The van der Waals surface area contributed by atoms with E-state index in [4.69, 9.17) is 9.47 Å². The quantitative estimate of drug-likeness (QED) is 0.392. The Hall–Kier alpha value is -3.38. The molecule has 0 saturated heterocycles. The van der Waals surface area contributed by atoms with Crippen LogP contribution in [0.1, 0.15) is 38.7 Å². The maximum atomic E-state index is 12.6. The third-order valence-electron chi connectivity index (χ3n) is 5.43. The zero-order chi connectivity index (χ0) is 23.6. The zero-order valence-corrected chi connectivity index (χ0v) is 19.3. The number of hydrogen-bond donors (Lipinski definition) is 1. The number of hydrogen-bond acceptors (Lipinski definition) is 4. The van der Waals surface area contributed by atoms with Gasteiger partial charge in [-0.15, -0.1) is 0 Å². The molecule has 0 saturated carbocycles. The Bertz CT molecular complexity index is 1020. The summed E-state index contributed by atoms with van der Waals surface area (Å²) in [7, 11) is 0. The van der Waals surface area contributed by atoms with Crippen molar-refractivity contribution < 1.29 is 24.2 Å². The van der Waals surface area contributed by atoms with E-state index in [1.165, 1.54) is 6.08 Å². The fraction of sp³-hybridized carbons (Fsp3) is 0.333. The van der Waals surface area contributed by atoms with Gasteiger partial charge >= 0.3 is 5.97 Å². The van der Waals surface area contributed by atoms with Gasteiger partial charge in [-0.3, -0.25) is 4.79 Å². The van der Waals surface area contributed by atoms with Gasteiger partial charge in [-0.2, -0.15) is 0 Å². The van der Waals surface area contributed by atoms with Crippen LogP contribution in [0, 0.1) is 0 Å². The Labute approximate surface area is 195 Å². The van der Waals surface area contributed by atoms with Crippen LogP contribution in [0.2, 0.25) is 0 Å². The third-order valence-corrected chi connectivity index (χ3v) is 5.43. The van der Waals surface area contributed by atoms with E-state index in [1.807, 2.05) is 42.5 Å². The predicted octanol–water partition coefficient (Wildman–Crippen LogP) is 5.33. The van der Waals surface area contributed by atoms with Crippen LogP contribution < -0.4 is 9.64 Å². The highest BCUT2D eigenvalue weighted by molar-refractivity contribution is 6.05. The molecule has 0 atom stereocenters. The van der Waals surface area contributed by atoms with Gasteiger partial charge in [-0.05, 0) is 72.9 Å². The fourth-order valence-corrected chi connectivity index (χ4v) is 3.65. The molecule has 1 aliphatic rings. The van der Waals surface area contributed by atoms with Crippen LogP contribution >= 0.6 is 0 Å². The second-order valence-electron chi connectivity index (χ2n) is 7.83. The average molecular weight is 450 g/mol. The number of carboxylic acids is 1. The van der Waals surface area contributed by atoms with Gasteiger partial charge in [-0.25, -0.2) is 4.79 Å². The summed E-state index contributed by atoms with van der Waals surface area (Å²) >= 11 is 0. The van der Waals surface area contributed by atoms with E-state index >= 15 is 0 Å². The van der Waals surface area contributed by atoms with Crippen LogP contribution in [-0.2, 0) is 14.3 Å². The van der Waals surface area contributed by atoms with Gasteiger partial charge in [0.05, 0.1) is 12.3 Å². The molecule has 1 N–H and O–H groups in total.